The number of hydrogen-bond donors (Lipinski definition) is 2. The lowest BCUT2D eigenvalue weighted by Gasteiger charge is -2.13. The summed E-state index contributed by atoms with van der Waals surface area (Å²) in [6.07, 6.45) is 1.49. The van der Waals surface area contributed by atoms with Gasteiger partial charge in [-0.15, -0.1) is 0 Å². The van der Waals surface area contributed by atoms with Gasteiger partial charge in [-0.3, -0.25) is 4.79 Å². The highest BCUT2D eigenvalue weighted by molar-refractivity contribution is 7.89. The number of methoxy groups -OCH3 is 1. The fraction of sp³-hybridized carbons (Fsp3) is 0.500. The predicted molar refractivity (Wildman–Crippen MR) is 99.6 cm³/mol. The third kappa shape index (κ3) is 6.32. The molecule has 1 amide bonds. The lowest BCUT2D eigenvalue weighted by Crippen LogP contribution is -2.38. The zero-order valence-corrected chi connectivity index (χ0v) is 17.1. The van der Waals surface area contributed by atoms with E-state index < -0.39 is 28.5 Å². The van der Waals surface area contributed by atoms with E-state index in [-0.39, 0.29) is 32.6 Å². The van der Waals surface area contributed by atoms with E-state index in [2.05, 4.69) is 10.0 Å². The number of rotatable bonds is 9. The van der Waals surface area contributed by atoms with Crippen molar-refractivity contribution in [1.82, 2.24) is 10.0 Å². The molecule has 2 N–H and O–H groups in total. The summed E-state index contributed by atoms with van der Waals surface area (Å²) in [5.74, 6) is -1.46. The largest absolute Gasteiger partial charge is 0.452 e. The summed E-state index contributed by atoms with van der Waals surface area (Å²) in [6, 6.07) is 1.81. The molecule has 0 saturated heterocycles. The van der Waals surface area contributed by atoms with Gasteiger partial charge >= 0.3 is 5.97 Å². The van der Waals surface area contributed by atoms with Gasteiger partial charge in [-0.05, 0) is 31.9 Å². The van der Waals surface area contributed by atoms with E-state index in [1.54, 1.807) is 6.92 Å². The SMILES string of the molecule is COCC(C)NC(=O)COC(=O)c1cc(S(=O)(=O)NC2CC2)c(Cl)cc1Cl. The maximum absolute atomic E-state index is 12.4. The van der Waals surface area contributed by atoms with Crippen molar-refractivity contribution in [3.05, 3.63) is 27.7 Å². The van der Waals surface area contributed by atoms with Crippen molar-refractivity contribution >= 4 is 45.1 Å². The number of hydrogen-bond acceptors (Lipinski definition) is 6. The summed E-state index contributed by atoms with van der Waals surface area (Å²) in [7, 11) is -2.40. The van der Waals surface area contributed by atoms with Gasteiger partial charge in [0.1, 0.15) is 4.90 Å². The van der Waals surface area contributed by atoms with Crippen molar-refractivity contribution in [3.8, 4) is 0 Å². The molecule has 1 unspecified atom stereocenters. The topological polar surface area (TPSA) is 111 Å². The Kier molecular flexibility index (Phi) is 7.47. The molecular formula is C16H20Cl2N2O6S. The van der Waals surface area contributed by atoms with E-state index in [0.29, 0.717) is 6.61 Å². The average Bonchev–Trinajstić information content (AvgIpc) is 3.35. The average molecular weight is 439 g/mol. The second kappa shape index (κ2) is 9.20. The van der Waals surface area contributed by atoms with E-state index in [1.165, 1.54) is 7.11 Å². The van der Waals surface area contributed by atoms with Crippen LogP contribution in [0, 0.1) is 0 Å². The Hall–Kier alpha value is -1.39. The Labute approximate surface area is 167 Å². The number of halogens is 2. The summed E-state index contributed by atoms with van der Waals surface area (Å²) in [6.45, 7) is 1.48. The molecule has 0 aromatic heterocycles. The summed E-state index contributed by atoms with van der Waals surface area (Å²) in [4.78, 5) is 23.7. The standard InChI is InChI=1S/C16H20Cl2N2O6S/c1-9(7-25-2)19-15(21)8-26-16(22)11-5-14(13(18)6-12(11)17)27(23,24)20-10-3-4-10/h5-6,9-10,20H,3-4,7-8H2,1-2H3,(H,19,21). The molecule has 150 valence electrons. The van der Waals surface area contributed by atoms with Gasteiger partial charge in [-0.2, -0.15) is 0 Å². The van der Waals surface area contributed by atoms with Crippen LogP contribution in [0.15, 0.2) is 17.0 Å². The van der Waals surface area contributed by atoms with Gasteiger partial charge in [-0.1, -0.05) is 23.2 Å². The van der Waals surface area contributed by atoms with E-state index in [4.69, 9.17) is 32.7 Å². The minimum atomic E-state index is -3.90. The molecule has 2 rings (SSSR count). The number of amides is 1. The van der Waals surface area contributed by atoms with Crippen LogP contribution in [0.3, 0.4) is 0 Å². The quantitative estimate of drug-likeness (QED) is 0.568. The molecular weight excluding hydrogens is 419 g/mol. The Morgan fingerprint density at radius 2 is 1.93 bits per heavy atom. The van der Waals surface area contributed by atoms with E-state index in [9.17, 15) is 18.0 Å². The number of sulfonamides is 1. The molecule has 1 aliphatic rings. The van der Waals surface area contributed by atoms with Crippen LogP contribution in [0.2, 0.25) is 10.0 Å². The van der Waals surface area contributed by atoms with Crippen LogP contribution in [0.5, 0.6) is 0 Å². The number of nitrogens with one attached hydrogen (secondary N) is 2. The highest BCUT2D eigenvalue weighted by Gasteiger charge is 2.30. The van der Waals surface area contributed by atoms with Crippen molar-refractivity contribution in [2.75, 3.05) is 20.3 Å². The van der Waals surface area contributed by atoms with Gasteiger partial charge < -0.3 is 14.8 Å². The summed E-state index contributed by atoms with van der Waals surface area (Å²) >= 11 is 12.0. The van der Waals surface area contributed by atoms with Gasteiger partial charge in [0, 0.05) is 19.2 Å². The monoisotopic (exact) mass is 438 g/mol. The molecule has 8 nitrogen and oxygen atoms in total. The molecule has 1 aliphatic carbocycles. The van der Waals surface area contributed by atoms with Crippen LogP contribution in [-0.2, 0) is 24.3 Å². The lowest BCUT2D eigenvalue weighted by molar-refractivity contribution is -0.125. The zero-order chi connectivity index (χ0) is 20.2. The smallest absolute Gasteiger partial charge is 0.340 e. The summed E-state index contributed by atoms with van der Waals surface area (Å²) < 4.78 is 37.0. The van der Waals surface area contributed by atoms with E-state index in [0.717, 1.165) is 25.0 Å². The molecule has 0 aliphatic heterocycles. The number of benzene rings is 1. The highest BCUT2D eigenvalue weighted by atomic mass is 35.5. The molecule has 0 heterocycles. The third-order valence-electron chi connectivity index (χ3n) is 3.59. The van der Waals surface area contributed by atoms with Gasteiger partial charge in [0.05, 0.1) is 22.2 Å². The van der Waals surface area contributed by atoms with Crippen LogP contribution < -0.4 is 10.0 Å². The van der Waals surface area contributed by atoms with Gasteiger partial charge in [0.2, 0.25) is 10.0 Å². The number of carbonyl (C=O) groups is 2. The van der Waals surface area contributed by atoms with Crippen molar-refractivity contribution in [1.29, 1.82) is 0 Å². The maximum Gasteiger partial charge on any atom is 0.340 e. The Morgan fingerprint density at radius 3 is 2.52 bits per heavy atom. The Morgan fingerprint density at radius 1 is 1.26 bits per heavy atom. The molecule has 27 heavy (non-hydrogen) atoms. The summed E-state index contributed by atoms with van der Waals surface area (Å²) in [5, 5.41) is 2.38. The molecule has 1 saturated carbocycles. The second-order valence-corrected chi connectivity index (χ2v) is 8.65. The second-order valence-electron chi connectivity index (χ2n) is 6.16. The fourth-order valence-corrected chi connectivity index (χ4v) is 4.35. The fourth-order valence-electron chi connectivity index (χ4n) is 2.19. The minimum absolute atomic E-state index is 0.0801. The zero-order valence-electron chi connectivity index (χ0n) is 14.8. The molecule has 1 aromatic carbocycles. The Bertz CT molecular complexity index is 826. The van der Waals surface area contributed by atoms with Crippen LogP contribution in [0.1, 0.15) is 30.1 Å². The van der Waals surface area contributed by atoms with Crippen LogP contribution in [-0.4, -0.2) is 52.7 Å². The number of esters is 1. The molecule has 1 fully saturated rings. The first-order valence-corrected chi connectivity index (χ1v) is 10.3. The van der Waals surface area contributed by atoms with Gasteiger partial charge in [0.15, 0.2) is 6.61 Å². The minimum Gasteiger partial charge on any atom is -0.452 e. The summed E-state index contributed by atoms with van der Waals surface area (Å²) in [5.41, 5.74) is -0.199. The van der Waals surface area contributed by atoms with Crippen LogP contribution in [0.4, 0.5) is 0 Å². The van der Waals surface area contributed by atoms with Crippen molar-refractivity contribution in [3.63, 3.8) is 0 Å². The van der Waals surface area contributed by atoms with Crippen molar-refractivity contribution in [2.45, 2.75) is 36.7 Å². The van der Waals surface area contributed by atoms with Crippen molar-refractivity contribution in [2.24, 2.45) is 0 Å². The van der Waals surface area contributed by atoms with Gasteiger partial charge in [-0.25, -0.2) is 17.9 Å². The first kappa shape index (κ1) is 21.9. The molecule has 0 bridgehead atoms. The van der Waals surface area contributed by atoms with Gasteiger partial charge in [0.25, 0.3) is 5.91 Å². The predicted octanol–water partition coefficient (Wildman–Crippen LogP) is 1.74. The molecule has 0 radical (unpaired) electrons. The van der Waals surface area contributed by atoms with E-state index in [1.807, 2.05) is 0 Å². The lowest BCUT2D eigenvalue weighted by atomic mass is 10.2. The molecule has 1 aromatic rings. The molecule has 0 spiro atoms. The van der Waals surface area contributed by atoms with Crippen molar-refractivity contribution < 1.29 is 27.5 Å². The molecule has 11 heteroatoms. The van der Waals surface area contributed by atoms with E-state index >= 15 is 0 Å². The third-order valence-corrected chi connectivity index (χ3v) is 5.89. The highest BCUT2D eigenvalue weighted by Crippen LogP contribution is 2.31. The normalized spacial score (nSPS) is 15.3. The van der Waals surface area contributed by atoms with Crippen LogP contribution >= 0.6 is 23.2 Å². The maximum atomic E-state index is 12.4. The first-order valence-electron chi connectivity index (χ1n) is 8.11. The van der Waals surface area contributed by atoms with Crippen LogP contribution in [0.25, 0.3) is 0 Å². The first-order chi connectivity index (χ1) is 12.6. The number of carbonyl (C=O) groups excluding carboxylic acids is 2. The Balaban J connectivity index is 2.09. The molecule has 1 atom stereocenters. The number of ether oxygens (including phenoxy) is 2.